The van der Waals surface area contributed by atoms with Crippen LogP contribution in [0.25, 0.3) is 10.8 Å². The zero-order valence-corrected chi connectivity index (χ0v) is 16.6. The Labute approximate surface area is 166 Å². The van der Waals surface area contributed by atoms with E-state index in [9.17, 15) is 4.79 Å². The first kappa shape index (κ1) is 19.7. The van der Waals surface area contributed by atoms with Crippen LogP contribution in [0.2, 0.25) is 0 Å². The summed E-state index contributed by atoms with van der Waals surface area (Å²) >= 11 is 0. The van der Waals surface area contributed by atoms with Crippen molar-refractivity contribution in [2.75, 3.05) is 13.2 Å². The van der Waals surface area contributed by atoms with E-state index in [1.807, 2.05) is 60.7 Å². The number of amides is 1. The summed E-state index contributed by atoms with van der Waals surface area (Å²) in [5.74, 6) is 1.81. The first-order valence-corrected chi connectivity index (χ1v) is 9.70. The van der Waals surface area contributed by atoms with Crippen molar-refractivity contribution < 1.29 is 14.3 Å². The van der Waals surface area contributed by atoms with Crippen molar-refractivity contribution in [2.24, 2.45) is 0 Å². The van der Waals surface area contributed by atoms with Crippen LogP contribution in [0.4, 0.5) is 0 Å². The molecule has 1 N–H and O–H groups in total. The van der Waals surface area contributed by atoms with E-state index in [4.69, 9.17) is 9.47 Å². The number of nitrogens with one attached hydrogen (secondary N) is 1. The van der Waals surface area contributed by atoms with Crippen LogP contribution >= 0.6 is 0 Å². The summed E-state index contributed by atoms with van der Waals surface area (Å²) in [4.78, 5) is 12.4. The van der Waals surface area contributed by atoms with Crippen molar-refractivity contribution in [2.45, 2.75) is 32.8 Å². The summed E-state index contributed by atoms with van der Waals surface area (Å²) in [6.45, 7) is 6.86. The smallest absolute Gasteiger partial charge is 0.260 e. The van der Waals surface area contributed by atoms with E-state index in [2.05, 4.69) is 25.2 Å². The minimum atomic E-state index is -0.589. The Bertz CT molecular complexity index is 931. The van der Waals surface area contributed by atoms with Gasteiger partial charge in [-0.05, 0) is 35.9 Å². The molecular weight excluding hydrogens is 350 g/mol. The molecule has 3 rings (SSSR count). The molecule has 4 heteroatoms. The molecule has 1 amide bonds. The number of fused-ring (bicyclic) bond motifs is 1. The molecule has 0 radical (unpaired) electrons. The molecule has 0 aromatic heterocycles. The molecule has 0 saturated carbocycles. The van der Waals surface area contributed by atoms with Crippen molar-refractivity contribution in [3.05, 3.63) is 72.3 Å². The summed E-state index contributed by atoms with van der Waals surface area (Å²) < 4.78 is 11.8. The molecule has 3 aromatic rings. The fraction of sp³-hybridized carbons (Fsp3) is 0.292. The van der Waals surface area contributed by atoms with Crippen LogP contribution in [0.1, 0.15) is 32.3 Å². The molecule has 146 valence electrons. The van der Waals surface area contributed by atoms with Crippen molar-refractivity contribution >= 4 is 16.7 Å². The van der Waals surface area contributed by atoms with Crippen LogP contribution < -0.4 is 14.8 Å². The van der Waals surface area contributed by atoms with Gasteiger partial charge in [0.2, 0.25) is 0 Å². The van der Waals surface area contributed by atoms with Gasteiger partial charge >= 0.3 is 0 Å². The number of carbonyl (C=O) groups excluding carboxylic acids is 1. The second-order valence-electron chi connectivity index (χ2n) is 7.07. The summed E-state index contributed by atoms with van der Waals surface area (Å²) in [7, 11) is 0. The third kappa shape index (κ3) is 4.83. The fourth-order valence-corrected chi connectivity index (χ4v) is 3.11. The van der Waals surface area contributed by atoms with Gasteiger partial charge in [-0.25, -0.2) is 0 Å². The molecule has 0 heterocycles. The van der Waals surface area contributed by atoms with Crippen LogP contribution in [-0.4, -0.2) is 25.2 Å². The van der Waals surface area contributed by atoms with E-state index in [-0.39, 0.29) is 5.91 Å². The first-order chi connectivity index (χ1) is 13.6. The highest BCUT2D eigenvalue weighted by Crippen LogP contribution is 2.26. The summed E-state index contributed by atoms with van der Waals surface area (Å²) in [6, 6.07) is 21.8. The van der Waals surface area contributed by atoms with E-state index >= 15 is 0 Å². The minimum Gasteiger partial charge on any atom is -0.491 e. The summed E-state index contributed by atoms with van der Waals surface area (Å²) in [5.41, 5.74) is 1.17. The largest absolute Gasteiger partial charge is 0.491 e. The Hall–Kier alpha value is -3.01. The Morgan fingerprint density at radius 2 is 1.57 bits per heavy atom. The molecule has 3 aromatic carbocycles. The second-order valence-corrected chi connectivity index (χ2v) is 7.07. The van der Waals surface area contributed by atoms with Gasteiger partial charge in [0, 0.05) is 5.39 Å². The SMILES string of the molecule is CC(C)c1ccccc1OCCNC(=O)[C@H](C)Oc1cccc2ccccc12. The highest BCUT2D eigenvalue weighted by Gasteiger charge is 2.15. The van der Waals surface area contributed by atoms with Crippen LogP contribution in [0.5, 0.6) is 11.5 Å². The lowest BCUT2D eigenvalue weighted by Crippen LogP contribution is -2.38. The van der Waals surface area contributed by atoms with Crippen molar-refractivity contribution in [3.8, 4) is 11.5 Å². The molecule has 0 aliphatic carbocycles. The number of rotatable bonds is 8. The molecule has 4 nitrogen and oxygen atoms in total. The zero-order valence-electron chi connectivity index (χ0n) is 16.6. The number of benzene rings is 3. The third-order valence-corrected chi connectivity index (χ3v) is 4.62. The quantitative estimate of drug-likeness (QED) is 0.567. The predicted octanol–water partition coefficient (Wildman–Crippen LogP) is 4.93. The Kier molecular flexibility index (Phi) is 6.53. The Balaban J connectivity index is 1.51. The number of hydrogen-bond donors (Lipinski definition) is 1. The summed E-state index contributed by atoms with van der Waals surface area (Å²) in [6.07, 6.45) is -0.589. The van der Waals surface area contributed by atoms with Gasteiger partial charge in [0.25, 0.3) is 5.91 Å². The lowest BCUT2D eigenvalue weighted by atomic mass is 10.0. The van der Waals surface area contributed by atoms with E-state index in [0.717, 1.165) is 16.5 Å². The monoisotopic (exact) mass is 377 g/mol. The second kappa shape index (κ2) is 9.27. The maximum atomic E-state index is 12.4. The summed E-state index contributed by atoms with van der Waals surface area (Å²) in [5, 5.41) is 4.97. The van der Waals surface area contributed by atoms with Gasteiger partial charge in [-0.3, -0.25) is 4.79 Å². The van der Waals surface area contributed by atoms with Gasteiger partial charge < -0.3 is 14.8 Å². The number of carbonyl (C=O) groups is 1. The molecular formula is C24H27NO3. The standard InChI is InChI=1S/C24H27NO3/c1-17(2)20-11-6-7-13-22(20)27-16-15-25-24(26)18(3)28-23-14-8-10-19-9-4-5-12-21(19)23/h4-14,17-18H,15-16H2,1-3H3,(H,25,26)/t18-/m0/s1. The molecule has 0 bridgehead atoms. The zero-order chi connectivity index (χ0) is 19.9. The normalized spacial score (nSPS) is 12.0. The van der Waals surface area contributed by atoms with Gasteiger partial charge in [-0.15, -0.1) is 0 Å². The molecule has 28 heavy (non-hydrogen) atoms. The van der Waals surface area contributed by atoms with E-state index < -0.39 is 6.10 Å². The highest BCUT2D eigenvalue weighted by molar-refractivity contribution is 5.89. The number of ether oxygens (including phenoxy) is 2. The topological polar surface area (TPSA) is 47.6 Å². The average molecular weight is 377 g/mol. The van der Waals surface area contributed by atoms with Gasteiger partial charge in [-0.2, -0.15) is 0 Å². The minimum absolute atomic E-state index is 0.159. The Morgan fingerprint density at radius 3 is 2.39 bits per heavy atom. The first-order valence-electron chi connectivity index (χ1n) is 9.70. The van der Waals surface area contributed by atoms with Gasteiger partial charge in [0.05, 0.1) is 6.54 Å². The maximum absolute atomic E-state index is 12.4. The fourth-order valence-electron chi connectivity index (χ4n) is 3.11. The van der Waals surface area contributed by atoms with E-state index in [1.54, 1.807) is 6.92 Å². The van der Waals surface area contributed by atoms with Gasteiger partial charge in [-0.1, -0.05) is 68.4 Å². The van der Waals surface area contributed by atoms with Crippen molar-refractivity contribution in [1.29, 1.82) is 0 Å². The van der Waals surface area contributed by atoms with Gasteiger partial charge in [0.1, 0.15) is 18.1 Å². The van der Waals surface area contributed by atoms with E-state index in [1.165, 1.54) is 5.56 Å². The third-order valence-electron chi connectivity index (χ3n) is 4.62. The van der Waals surface area contributed by atoms with E-state index in [0.29, 0.717) is 24.8 Å². The molecule has 0 unspecified atom stereocenters. The van der Waals surface area contributed by atoms with Crippen molar-refractivity contribution in [3.63, 3.8) is 0 Å². The van der Waals surface area contributed by atoms with Crippen molar-refractivity contribution in [1.82, 2.24) is 5.32 Å². The highest BCUT2D eigenvalue weighted by atomic mass is 16.5. The molecule has 0 saturated heterocycles. The van der Waals surface area contributed by atoms with Crippen LogP contribution in [0, 0.1) is 0 Å². The van der Waals surface area contributed by atoms with Crippen LogP contribution in [0.3, 0.4) is 0 Å². The maximum Gasteiger partial charge on any atom is 0.260 e. The molecule has 0 aliphatic rings. The number of para-hydroxylation sites is 1. The molecule has 1 atom stereocenters. The lowest BCUT2D eigenvalue weighted by Gasteiger charge is -2.17. The molecule has 0 spiro atoms. The molecule has 0 aliphatic heterocycles. The number of hydrogen-bond acceptors (Lipinski definition) is 3. The van der Waals surface area contributed by atoms with Crippen LogP contribution in [-0.2, 0) is 4.79 Å². The average Bonchev–Trinajstić information content (AvgIpc) is 2.71. The predicted molar refractivity (Wildman–Crippen MR) is 113 cm³/mol. The van der Waals surface area contributed by atoms with Gasteiger partial charge in [0.15, 0.2) is 6.10 Å². The molecule has 0 fully saturated rings. The lowest BCUT2D eigenvalue weighted by molar-refractivity contribution is -0.127. The van der Waals surface area contributed by atoms with Crippen LogP contribution in [0.15, 0.2) is 66.7 Å². The Morgan fingerprint density at radius 1 is 0.893 bits per heavy atom.